The molecule has 0 saturated heterocycles. The second-order valence-corrected chi connectivity index (χ2v) is 7.88. The lowest BCUT2D eigenvalue weighted by Crippen LogP contribution is -3.09. The van der Waals surface area contributed by atoms with Crippen molar-refractivity contribution in [3.63, 3.8) is 0 Å². The highest BCUT2D eigenvalue weighted by atomic mass is 35.5. The Balaban J connectivity index is 0.00000204. The number of Topliss-reactive ketones (excluding diaryl/α,β-unsaturated/α-hetero) is 1. The van der Waals surface area contributed by atoms with Gasteiger partial charge in [0.05, 0.1) is 29.5 Å². The number of carbonyl (C=O) groups is 1. The summed E-state index contributed by atoms with van der Waals surface area (Å²) >= 11 is 0. The molecule has 3 heterocycles. The number of allylic oxidation sites excluding steroid dienone is 1. The lowest BCUT2D eigenvalue weighted by Gasteiger charge is -2.25. The molecule has 1 atom stereocenters. The zero-order chi connectivity index (χ0) is 20.1. The lowest BCUT2D eigenvalue weighted by molar-refractivity contribution is -0.693. The number of aliphatic imine (C=N–C) groups is 2. The van der Waals surface area contributed by atoms with Crippen LogP contribution in [0.5, 0.6) is 0 Å². The second-order valence-electron chi connectivity index (χ2n) is 7.88. The molecular weight excluding hydrogens is 408 g/mol. The minimum atomic E-state index is 0. The summed E-state index contributed by atoms with van der Waals surface area (Å²) in [6.45, 7) is 0. The maximum Gasteiger partial charge on any atom is 0.215 e. The molecule has 3 aromatic rings. The van der Waals surface area contributed by atoms with Crippen molar-refractivity contribution < 1.29 is 22.1 Å². The summed E-state index contributed by atoms with van der Waals surface area (Å²) in [4.78, 5) is 26.9. The Kier molecular flexibility index (Phi) is 4.85. The van der Waals surface area contributed by atoms with E-state index in [-0.39, 0.29) is 18.3 Å². The van der Waals surface area contributed by atoms with E-state index in [0.717, 1.165) is 49.9 Å². The van der Waals surface area contributed by atoms with Gasteiger partial charge in [-0.05, 0) is 12.1 Å². The predicted molar refractivity (Wildman–Crippen MR) is 118 cm³/mol. The van der Waals surface area contributed by atoms with E-state index in [1.165, 1.54) is 0 Å². The van der Waals surface area contributed by atoms with E-state index in [1.54, 1.807) is 6.20 Å². The molecular formula is C25H19ClN4O. The Hall–Kier alpha value is -3.41. The molecule has 0 bridgehead atoms. The van der Waals surface area contributed by atoms with Gasteiger partial charge in [0.1, 0.15) is 17.7 Å². The third-order valence-corrected chi connectivity index (χ3v) is 5.95. The minimum absolute atomic E-state index is 0. The third-order valence-electron chi connectivity index (χ3n) is 5.95. The van der Waals surface area contributed by atoms with Gasteiger partial charge in [-0.25, -0.2) is 9.88 Å². The van der Waals surface area contributed by atoms with Crippen molar-refractivity contribution in [3.8, 4) is 11.3 Å². The van der Waals surface area contributed by atoms with Gasteiger partial charge in [0.15, 0.2) is 5.70 Å². The minimum Gasteiger partial charge on any atom is -1.00 e. The molecule has 1 aromatic heterocycles. The molecule has 0 spiro atoms. The summed E-state index contributed by atoms with van der Waals surface area (Å²) in [6.07, 6.45) is 6.86. The molecule has 1 aliphatic carbocycles. The fourth-order valence-electron chi connectivity index (χ4n) is 4.30. The summed E-state index contributed by atoms with van der Waals surface area (Å²) in [7, 11) is 0. The van der Waals surface area contributed by atoms with Gasteiger partial charge in [0, 0.05) is 29.4 Å². The Labute approximate surface area is 186 Å². The Morgan fingerprint density at radius 3 is 2.55 bits per heavy atom. The van der Waals surface area contributed by atoms with Gasteiger partial charge in [-0.15, -0.1) is 0 Å². The molecule has 2 aliphatic heterocycles. The molecule has 31 heavy (non-hydrogen) atoms. The molecule has 1 unspecified atom stereocenters. The van der Waals surface area contributed by atoms with Crippen LogP contribution < -0.4 is 17.3 Å². The number of benzene rings is 2. The molecule has 3 aliphatic rings. The normalized spacial score (nSPS) is 19.8. The van der Waals surface area contributed by atoms with Crippen LogP contribution in [0.3, 0.4) is 0 Å². The van der Waals surface area contributed by atoms with Crippen LogP contribution in [0.2, 0.25) is 0 Å². The van der Waals surface area contributed by atoms with Crippen LogP contribution in [-0.4, -0.2) is 22.8 Å². The maximum atomic E-state index is 11.5. The first-order chi connectivity index (χ1) is 14.8. The number of rotatable bonds is 3. The van der Waals surface area contributed by atoms with E-state index >= 15 is 0 Å². The van der Waals surface area contributed by atoms with E-state index in [2.05, 4.69) is 47.5 Å². The average Bonchev–Trinajstić information content (AvgIpc) is 3.16. The van der Waals surface area contributed by atoms with Crippen LogP contribution in [-0.2, 0) is 4.79 Å². The first kappa shape index (κ1) is 19.5. The fraction of sp³-hybridized carbons (Fsp3) is 0.120. The average molecular weight is 427 g/mol. The Bertz CT molecular complexity index is 1320. The third kappa shape index (κ3) is 3.32. The smallest absolute Gasteiger partial charge is 0.215 e. The van der Waals surface area contributed by atoms with Crippen LogP contribution in [0.25, 0.3) is 27.9 Å². The van der Waals surface area contributed by atoms with Gasteiger partial charge in [-0.2, -0.15) is 4.99 Å². The second kappa shape index (κ2) is 7.69. The summed E-state index contributed by atoms with van der Waals surface area (Å²) in [5.74, 6) is 1.56. The first-order valence-electron chi connectivity index (χ1n) is 10.1. The van der Waals surface area contributed by atoms with Crippen molar-refractivity contribution in [3.05, 3.63) is 84.3 Å². The SMILES string of the molecule is O=C1CC(C2=NC(c3ccc4ccc(-c5ccccc5)nc4c3)=C3C=NC=C[NH+]23)C1.[Cl-]. The highest BCUT2D eigenvalue weighted by molar-refractivity contribution is 6.04. The topological polar surface area (TPSA) is 59.1 Å². The largest absolute Gasteiger partial charge is 1.00 e. The Morgan fingerprint density at radius 1 is 0.935 bits per heavy atom. The highest BCUT2D eigenvalue weighted by Crippen LogP contribution is 2.30. The van der Waals surface area contributed by atoms with Crippen LogP contribution >= 0.6 is 0 Å². The first-order valence-corrected chi connectivity index (χ1v) is 10.1. The van der Waals surface area contributed by atoms with Crippen LogP contribution in [0.15, 0.2) is 88.7 Å². The highest BCUT2D eigenvalue weighted by Gasteiger charge is 2.42. The number of halogens is 1. The van der Waals surface area contributed by atoms with Crippen molar-refractivity contribution in [1.82, 2.24) is 4.98 Å². The summed E-state index contributed by atoms with van der Waals surface area (Å²) in [5.41, 5.74) is 5.97. The summed E-state index contributed by atoms with van der Waals surface area (Å²) < 4.78 is 0. The van der Waals surface area contributed by atoms with Crippen LogP contribution in [0.4, 0.5) is 0 Å². The maximum absolute atomic E-state index is 11.5. The number of aromatic nitrogens is 1. The number of pyridine rings is 1. The van der Waals surface area contributed by atoms with Crippen molar-refractivity contribution in [2.24, 2.45) is 15.9 Å². The number of carbonyl (C=O) groups excluding carboxylic acids is 1. The van der Waals surface area contributed by atoms with Gasteiger partial charge in [0.2, 0.25) is 5.84 Å². The van der Waals surface area contributed by atoms with Crippen LogP contribution in [0.1, 0.15) is 18.4 Å². The van der Waals surface area contributed by atoms with Crippen molar-refractivity contribution in [2.75, 3.05) is 0 Å². The predicted octanol–water partition coefficient (Wildman–Crippen LogP) is 0.406. The van der Waals surface area contributed by atoms with E-state index in [1.807, 2.05) is 30.6 Å². The molecule has 2 aromatic carbocycles. The van der Waals surface area contributed by atoms with Gasteiger partial charge in [-0.1, -0.05) is 48.5 Å². The molecule has 6 heteroatoms. The van der Waals surface area contributed by atoms with E-state index in [4.69, 9.17) is 9.98 Å². The Morgan fingerprint density at radius 2 is 1.74 bits per heavy atom. The number of nitrogens with zero attached hydrogens (tertiary/aromatic N) is 3. The molecule has 6 rings (SSSR count). The molecule has 1 saturated carbocycles. The number of nitrogens with one attached hydrogen (secondary N) is 1. The van der Waals surface area contributed by atoms with E-state index in [0.29, 0.717) is 18.6 Å². The van der Waals surface area contributed by atoms with Gasteiger partial charge in [-0.3, -0.25) is 9.79 Å². The van der Waals surface area contributed by atoms with Crippen molar-refractivity contribution >= 4 is 34.4 Å². The number of hydrogen-bond donors (Lipinski definition) is 1. The molecule has 0 radical (unpaired) electrons. The summed E-state index contributed by atoms with van der Waals surface area (Å²) in [6, 6.07) is 20.7. The van der Waals surface area contributed by atoms with E-state index in [9.17, 15) is 4.79 Å². The van der Waals surface area contributed by atoms with Gasteiger partial charge >= 0.3 is 0 Å². The van der Waals surface area contributed by atoms with Gasteiger partial charge < -0.3 is 12.4 Å². The molecule has 152 valence electrons. The zero-order valence-electron chi connectivity index (χ0n) is 16.6. The standard InChI is InChI=1S/C25H18N4O.ClH/c30-20-12-19(13-20)25-28-24(23-15-26-10-11-29(23)25)18-7-6-17-8-9-21(27-22(17)14-18)16-4-2-1-3-5-16;/h1-11,14-15,19H,12-13H2;1H. The molecule has 0 amide bonds. The fourth-order valence-corrected chi connectivity index (χ4v) is 4.30. The zero-order valence-corrected chi connectivity index (χ0v) is 17.4. The quantitative estimate of drug-likeness (QED) is 0.659. The summed E-state index contributed by atoms with van der Waals surface area (Å²) in [5, 5.41) is 1.09. The molecule has 5 nitrogen and oxygen atoms in total. The molecule has 1 fully saturated rings. The number of fused-ring (bicyclic) bond motifs is 2. The molecule has 1 N–H and O–H groups in total. The number of quaternary nitrogens is 1. The monoisotopic (exact) mass is 426 g/mol. The number of amidine groups is 1. The van der Waals surface area contributed by atoms with E-state index < -0.39 is 0 Å². The number of hydrogen-bond acceptors (Lipinski definition) is 4. The van der Waals surface area contributed by atoms with Gasteiger partial charge in [0.25, 0.3) is 0 Å². The number of ketones is 1. The van der Waals surface area contributed by atoms with Crippen molar-refractivity contribution in [1.29, 1.82) is 0 Å². The van der Waals surface area contributed by atoms with Crippen molar-refractivity contribution in [2.45, 2.75) is 12.8 Å². The lowest BCUT2D eigenvalue weighted by atomic mass is 9.82. The van der Waals surface area contributed by atoms with Crippen LogP contribution in [0, 0.1) is 5.92 Å².